The molecule has 32 heavy (non-hydrogen) atoms. The first kappa shape index (κ1) is 23.4. The molecule has 1 aliphatic carbocycles. The van der Waals surface area contributed by atoms with E-state index in [9.17, 15) is 8.42 Å². The van der Waals surface area contributed by atoms with Crippen LogP contribution in [-0.4, -0.2) is 52.3 Å². The van der Waals surface area contributed by atoms with E-state index in [1.165, 1.54) is 11.3 Å². The molecule has 0 N–H and O–H groups in total. The van der Waals surface area contributed by atoms with E-state index in [0.717, 1.165) is 50.7 Å². The number of hydrogen-bond donors (Lipinski definition) is 0. The molecule has 0 bridgehead atoms. The molecule has 1 atom stereocenters. The first-order valence-electron chi connectivity index (χ1n) is 11.1. The van der Waals surface area contributed by atoms with Gasteiger partial charge >= 0.3 is 0 Å². The van der Waals surface area contributed by atoms with Crippen molar-refractivity contribution in [2.75, 3.05) is 27.4 Å². The molecule has 0 radical (unpaired) electrons. The Labute approximate surface area is 194 Å². The van der Waals surface area contributed by atoms with Crippen LogP contribution in [0.4, 0.5) is 0 Å². The smallest absolute Gasteiger partial charge is 0.253 e. The standard InChI is InChI=1S/C23H31NO6S2/c1-27-20-13-17(14-21(28-2)23(20)30-16-19-9-5-11-29-19)15-24(18-7-3-4-8-18)32(25,26)22-10-6-12-31-22/h6,10,12-14,18-19H,3-5,7-9,11,15-16H2,1-2H3/t19-/m1/s1. The van der Waals surface area contributed by atoms with Crippen molar-refractivity contribution in [2.45, 2.75) is 61.4 Å². The second-order valence-electron chi connectivity index (χ2n) is 8.20. The van der Waals surface area contributed by atoms with Gasteiger partial charge in [0.15, 0.2) is 11.5 Å². The lowest BCUT2D eigenvalue weighted by Gasteiger charge is -2.28. The lowest BCUT2D eigenvalue weighted by Crippen LogP contribution is -2.37. The second-order valence-corrected chi connectivity index (χ2v) is 11.3. The molecule has 1 aliphatic heterocycles. The Hall–Kier alpha value is -1.81. The average Bonchev–Trinajstić information content (AvgIpc) is 3.58. The van der Waals surface area contributed by atoms with Crippen LogP contribution in [0.2, 0.25) is 0 Å². The summed E-state index contributed by atoms with van der Waals surface area (Å²) in [5.41, 5.74) is 0.801. The van der Waals surface area contributed by atoms with Gasteiger partial charge in [-0.2, -0.15) is 4.31 Å². The molecule has 176 valence electrons. The van der Waals surface area contributed by atoms with Gasteiger partial charge in [-0.1, -0.05) is 18.9 Å². The first-order valence-corrected chi connectivity index (χ1v) is 13.4. The number of rotatable bonds is 10. The molecule has 2 heterocycles. The van der Waals surface area contributed by atoms with Crippen LogP contribution in [0.25, 0.3) is 0 Å². The molecule has 1 saturated heterocycles. The van der Waals surface area contributed by atoms with Gasteiger partial charge in [0.1, 0.15) is 10.8 Å². The summed E-state index contributed by atoms with van der Waals surface area (Å²) < 4.78 is 51.8. The van der Waals surface area contributed by atoms with Crippen LogP contribution in [0.5, 0.6) is 17.2 Å². The van der Waals surface area contributed by atoms with Crippen molar-refractivity contribution >= 4 is 21.4 Å². The number of methoxy groups -OCH3 is 2. The summed E-state index contributed by atoms with van der Waals surface area (Å²) in [7, 11) is -0.432. The van der Waals surface area contributed by atoms with Crippen molar-refractivity contribution in [3.8, 4) is 17.2 Å². The fourth-order valence-electron chi connectivity index (χ4n) is 4.43. The number of nitrogens with zero attached hydrogens (tertiary/aromatic N) is 1. The van der Waals surface area contributed by atoms with Crippen LogP contribution in [0, 0.1) is 0 Å². The summed E-state index contributed by atoms with van der Waals surface area (Å²) >= 11 is 1.25. The minimum atomic E-state index is -3.59. The predicted octanol–water partition coefficient (Wildman–Crippen LogP) is 4.46. The number of benzene rings is 1. The molecule has 4 rings (SSSR count). The molecule has 1 saturated carbocycles. The van der Waals surface area contributed by atoms with E-state index in [-0.39, 0.29) is 18.7 Å². The summed E-state index contributed by atoms with van der Waals surface area (Å²) in [5.74, 6) is 1.57. The Morgan fingerprint density at radius 2 is 1.81 bits per heavy atom. The highest BCUT2D eigenvalue weighted by Crippen LogP contribution is 2.40. The summed E-state index contributed by atoms with van der Waals surface area (Å²) in [6.07, 6.45) is 5.92. The number of hydrogen-bond acceptors (Lipinski definition) is 7. The Balaban J connectivity index is 1.61. The SMILES string of the molecule is COc1cc(CN(C2CCCC2)S(=O)(=O)c2cccs2)cc(OC)c1OC[C@H]1CCCO1. The molecule has 1 aromatic heterocycles. The van der Waals surface area contributed by atoms with E-state index in [1.54, 1.807) is 36.0 Å². The maximum Gasteiger partial charge on any atom is 0.253 e. The average molecular weight is 482 g/mol. The van der Waals surface area contributed by atoms with Crippen molar-refractivity contribution in [3.63, 3.8) is 0 Å². The van der Waals surface area contributed by atoms with Gasteiger partial charge in [0.05, 0.1) is 20.3 Å². The van der Waals surface area contributed by atoms with Gasteiger partial charge in [0, 0.05) is 19.2 Å². The van der Waals surface area contributed by atoms with Crippen LogP contribution in [0.15, 0.2) is 33.9 Å². The molecule has 0 amide bonds. The topological polar surface area (TPSA) is 74.3 Å². The third-order valence-electron chi connectivity index (χ3n) is 6.09. The normalized spacial score (nSPS) is 19.5. The highest BCUT2D eigenvalue weighted by Gasteiger charge is 2.34. The molecule has 7 nitrogen and oxygen atoms in total. The van der Waals surface area contributed by atoms with E-state index in [2.05, 4.69) is 0 Å². The highest BCUT2D eigenvalue weighted by molar-refractivity contribution is 7.91. The number of thiophene rings is 1. The first-order chi connectivity index (χ1) is 15.5. The van der Waals surface area contributed by atoms with Crippen molar-refractivity contribution in [2.24, 2.45) is 0 Å². The van der Waals surface area contributed by atoms with Crippen LogP contribution in [0.3, 0.4) is 0 Å². The van der Waals surface area contributed by atoms with E-state index in [1.807, 2.05) is 12.1 Å². The van der Waals surface area contributed by atoms with Gasteiger partial charge in [-0.3, -0.25) is 0 Å². The van der Waals surface area contributed by atoms with E-state index in [0.29, 0.717) is 28.1 Å². The maximum atomic E-state index is 13.4. The third kappa shape index (κ3) is 5.06. The van der Waals surface area contributed by atoms with Gasteiger partial charge in [-0.05, 0) is 54.8 Å². The molecule has 2 aromatic rings. The monoisotopic (exact) mass is 481 g/mol. The fourth-order valence-corrected chi connectivity index (χ4v) is 7.22. The van der Waals surface area contributed by atoms with Gasteiger partial charge in [0.25, 0.3) is 10.0 Å². The lowest BCUT2D eigenvalue weighted by atomic mass is 10.1. The molecule has 1 aromatic carbocycles. The minimum absolute atomic E-state index is 0.00506. The number of ether oxygens (including phenoxy) is 4. The zero-order valence-corrected chi connectivity index (χ0v) is 20.3. The summed E-state index contributed by atoms with van der Waals surface area (Å²) in [6.45, 7) is 1.44. The summed E-state index contributed by atoms with van der Waals surface area (Å²) in [6, 6.07) is 7.13. The van der Waals surface area contributed by atoms with Gasteiger partial charge in [-0.25, -0.2) is 8.42 Å². The van der Waals surface area contributed by atoms with Crippen LogP contribution in [0.1, 0.15) is 44.1 Å². The third-order valence-corrected chi connectivity index (χ3v) is 9.36. The summed E-state index contributed by atoms with van der Waals surface area (Å²) in [4.78, 5) is 0. The zero-order chi connectivity index (χ0) is 22.6. The van der Waals surface area contributed by atoms with Crippen LogP contribution < -0.4 is 14.2 Å². The predicted molar refractivity (Wildman–Crippen MR) is 123 cm³/mol. The summed E-state index contributed by atoms with van der Waals surface area (Å²) in [5, 5.41) is 1.80. The van der Waals surface area contributed by atoms with Crippen LogP contribution >= 0.6 is 11.3 Å². The second kappa shape index (κ2) is 10.4. The van der Waals surface area contributed by atoms with Crippen LogP contribution in [-0.2, 0) is 21.3 Å². The Morgan fingerprint density at radius 3 is 2.38 bits per heavy atom. The van der Waals surface area contributed by atoms with E-state index < -0.39 is 10.0 Å². The van der Waals surface area contributed by atoms with Gasteiger partial charge in [-0.15, -0.1) is 11.3 Å². The zero-order valence-electron chi connectivity index (χ0n) is 18.6. The van der Waals surface area contributed by atoms with Gasteiger partial charge in [0.2, 0.25) is 5.75 Å². The molecular formula is C23H31NO6S2. The fraction of sp³-hybridized carbons (Fsp3) is 0.565. The van der Waals surface area contributed by atoms with Crippen molar-refractivity contribution < 1.29 is 27.4 Å². The largest absolute Gasteiger partial charge is 0.493 e. The molecule has 0 unspecified atom stereocenters. The Morgan fingerprint density at radius 1 is 1.09 bits per heavy atom. The van der Waals surface area contributed by atoms with Crippen molar-refractivity contribution in [3.05, 3.63) is 35.2 Å². The molecular weight excluding hydrogens is 450 g/mol. The molecule has 2 aliphatic rings. The molecule has 9 heteroatoms. The maximum absolute atomic E-state index is 13.4. The highest BCUT2D eigenvalue weighted by atomic mass is 32.2. The Kier molecular flexibility index (Phi) is 7.60. The molecule has 2 fully saturated rings. The Bertz CT molecular complexity index is 955. The number of sulfonamides is 1. The molecule has 0 spiro atoms. The van der Waals surface area contributed by atoms with Gasteiger partial charge < -0.3 is 18.9 Å². The quantitative estimate of drug-likeness (QED) is 0.499. The lowest BCUT2D eigenvalue weighted by molar-refractivity contribution is 0.0659. The van der Waals surface area contributed by atoms with Crippen molar-refractivity contribution in [1.82, 2.24) is 4.31 Å². The van der Waals surface area contributed by atoms with E-state index in [4.69, 9.17) is 18.9 Å². The minimum Gasteiger partial charge on any atom is -0.493 e. The van der Waals surface area contributed by atoms with E-state index >= 15 is 0 Å². The van der Waals surface area contributed by atoms with Crippen molar-refractivity contribution in [1.29, 1.82) is 0 Å².